The van der Waals surface area contributed by atoms with Crippen molar-refractivity contribution >= 4 is 5.97 Å². The highest BCUT2D eigenvalue weighted by atomic mass is 19.3. The molecule has 0 rings (SSSR count). The Morgan fingerprint density at radius 3 is 2.53 bits per heavy atom. The fourth-order valence-electron chi connectivity index (χ4n) is 0.804. The number of halogens is 3. The number of rotatable bonds is 7. The summed E-state index contributed by atoms with van der Waals surface area (Å²) in [5.41, 5.74) is 0. The van der Waals surface area contributed by atoms with E-state index in [1.807, 2.05) is 6.92 Å². The van der Waals surface area contributed by atoms with Crippen LogP contribution in [0, 0.1) is 0 Å². The van der Waals surface area contributed by atoms with E-state index in [1.165, 1.54) is 0 Å². The van der Waals surface area contributed by atoms with Crippen LogP contribution in [0.25, 0.3) is 0 Å². The number of methoxy groups -OCH3 is 1. The van der Waals surface area contributed by atoms with Crippen molar-refractivity contribution < 1.29 is 27.4 Å². The zero-order chi connectivity index (χ0) is 11.9. The summed E-state index contributed by atoms with van der Waals surface area (Å²) in [5, 5.41) is 0. The molecule has 0 aromatic rings. The largest absolute Gasteiger partial charge is 0.467 e. The Morgan fingerprint density at radius 2 is 2.07 bits per heavy atom. The number of carbonyl (C=O) groups excluding carboxylic acids is 1. The van der Waals surface area contributed by atoms with E-state index in [9.17, 15) is 18.0 Å². The minimum absolute atomic E-state index is 0.125. The summed E-state index contributed by atoms with van der Waals surface area (Å²) in [4.78, 5) is 10.5. The monoisotopic (exact) mass is 228 g/mol. The van der Waals surface area contributed by atoms with Crippen LogP contribution < -0.4 is 0 Å². The standard InChI is InChI=1S/C9H15F3O3/c1-3-4-5-15-6-9(11,12)7(10)8(13)14-2/h7H,3-6H2,1-2H3. The number of unbranched alkanes of at least 4 members (excludes halogenated alkanes) is 1. The molecule has 15 heavy (non-hydrogen) atoms. The lowest BCUT2D eigenvalue weighted by Gasteiger charge is -2.18. The Hall–Kier alpha value is -0.780. The summed E-state index contributed by atoms with van der Waals surface area (Å²) in [6, 6.07) is 0. The molecular formula is C9H15F3O3. The molecule has 0 aromatic carbocycles. The van der Waals surface area contributed by atoms with E-state index in [1.54, 1.807) is 0 Å². The van der Waals surface area contributed by atoms with Crippen LogP contribution in [0.1, 0.15) is 19.8 Å². The van der Waals surface area contributed by atoms with E-state index < -0.39 is 24.7 Å². The van der Waals surface area contributed by atoms with Gasteiger partial charge in [0.2, 0.25) is 0 Å². The van der Waals surface area contributed by atoms with Crippen molar-refractivity contribution in [2.45, 2.75) is 31.9 Å². The number of alkyl halides is 3. The second-order valence-corrected chi connectivity index (χ2v) is 3.05. The third-order valence-corrected chi connectivity index (χ3v) is 1.72. The predicted octanol–water partition coefficient (Wildman–Crippen LogP) is 1.95. The lowest BCUT2D eigenvalue weighted by molar-refractivity contribution is -0.172. The minimum atomic E-state index is -3.83. The Kier molecular flexibility index (Phi) is 6.31. The maximum atomic E-state index is 12.9. The maximum Gasteiger partial charge on any atom is 0.346 e. The van der Waals surface area contributed by atoms with E-state index in [0.29, 0.717) is 6.42 Å². The van der Waals surface area contributed by atoms with Gasteiger partial charge in [0.15, 0.2) is 0 Å². The second-order valence-electron chi connectivity index (χ2n) is 3.05. The van der Waals surface area contributed by atoms with Crippen LogP contribution >= 0.6 is 0 Å². The van der Waals surface area contributed by atoms with Crippen molar-refractivity contribution in [3.8, 4) is 0 Å². The van der Waals surface area contributed by atoms with Crippen LogP contribution in [-0.2, 0) is 14.3 Å². The first-order valence-electron chi connectivity index (χ1n) is 4.63. The summed E-state index contributed by atoms with van der Waals surface area (Å²) in [7, 11) is 0.850. The summed E-state index contributed by atoms with van der Waals surface area (Å²) >= 11 is 0. The van der Waals surface area contributed by atoms with Gasteiger partial charge in [0.25, 0.3) is 6.17 Å². The first kappa shape index (κ1) is 14.2. The molecule has 3 nitrogen and oxygen atoms in total. The van der Waals surface area contributed by atoms with Gasteiger partial charge < -0.3 is 9.47 Å². The first-order chi connectivity index (χ1) is 6.95. The van der Waals surface area contributed by atoms with Gasteiger partial charge in [-0.3, -0.25) is 0 Å². The molecule has 0 bridgehead atoms. The van der Waals surface area contributed by atoms with E-state index in [0.717, 1.165) is 13.5 Å². The zero-order valence-electron chi connectivity index (χ0n) is 8.76. The SMILES string of the molecule is CCCCOCC(F)(F)C(F)C(=O)OC. The molecule has 0 saturated heterocycles. The Balaban J connectivity index is 3.99. The molecule has 1 atom stereocenters. The molecule has 1 unspecified atom stereocenters. The van der Waals surface area contributed by atoms with Crippen molar-refractivity contribution in [2.24, 2.45) is 0 Å². The summed E-state index contributed by atoms with van der Waals surface area (Å²) < 4.78 is 47.0. The van der Waals surface area contributed by atoms with Crippen LogP contribution in [0.2, 0.25) is 0 Å². The molecule has 6 heteroatoms. The van der Waals surface area contributed by atoms with Gasteiger partial charge in [-0.1, -0.05) is 13.3 Å². The zero-order valence-corrected chi connectivity index (χ0v) is 8.76. The highest BCUT2D eigenvalue weighted by Gasteiger charge is 2.46. The van der Waals surface area contributed by atoms with Crippen molar-refractivity contribution in [1.82, 2.24) is 0 Å². The van der Waals surface area contributed by atoms with Gasteiger partial charge in [-0.2, -0.15) is 0 Å². The molecule has 0 amide bonds. The molecule has 0 spiro atoms. The first-order valence-corrected chi connectivity index (χ1v) is 4.63. The molecule has 0 N–H and O–H groups in total. The molecule has 0 aromatic heterocycles. The highest BCUT2D eigenvalue weighted by Crippen LogP contribution is 2.23. The quantitative estimate of drug-likeness (QED) is 0.493. The molecule has 0 radical (unpaired) electrons. The normalized spacial score (nSPS) is 13.7. The molecule has 0 fully saturated rings. The topological polar surface area (TPSA) is 35.5 Å². The fourth-order valence-corrected chi connectivity index (χ4v) is 0.804. The van der Waals surface area contributed by atoms with Gasteiger partial charge in [0.05, 0.1) is 7.11 Å². The van der Waals surface area contributed by atoms with Crippen molar-refractivity contribution in [2.75, 3.05) is 20.3 Å². The number of hydrogen-bond donors (Lipinski definition) is 0. The molecular weight excluding hydrogens is 213 g/mol. The molecule has 0 aliphatic carbocycles. The molecule has 0 aliphatic heterocycles. The van der Waals surface area contributed by atoms with E-state index in [4.69, 9.17) is 0 Å². The lowest BCUT2D eigenvalue weighted by Crippen LogP contribution is -2.41. The van der Waals surface area contributed by atoms with Crippen LogP contribution in [0.15, 0.2) is 0 Å². The van der Waals surface area contributed by atoms with E-state index >= 15 is 0 Å². The Bertz CT molecular complexity index is 197. The Labute approximate surface area is 86.5 Å². The maximum absolute atomic E-state index is 12.9. The van der Waals surface area contributed by atoms with Gasteiger partial charge in [-0.15, -0.1) is 0 Å². The second kappa shape index (κ2) is 6.66. The Morgan fingerprint density at radius 1 is 1.47 bits per heavy atom. The molecule has 0 heterocycles. The molecule has 0 saturated carbocycles. The number of esters is 1. The average molecular weight is 228 g/mol. The van der Waals surface area contributed by atoms with E-state index in [2.05, 4.69) is 9.47 Å². The van der Waals surface area contributed by atoms with Gasteiger partial charge >= 0.3 is 11.9 Å². The number of carbonyl (C=O) groups is 1. The van der Waals surface area contributed by atoms with Gasteiger partial charge in [-0.05, 0) is 6.42 Å². The van der Waals surface area contributed by atoms with E-state index in [-0.39, 0.29) is 6.61 Å². The minimum Gasteiger partial charge on any atom is -0.467 e. The lowest BCUT2D eigenvalue weighted by atomic mass is 10.2. The summed E-state index contributed by atoms with van der Waals surface area (Å²) in [6.07, 6.45) is -1.56. The van der Waals surface area contributed by atoms with Crippen molar-refractivity contribution in [1.29, 1.82) is 0 Å². The van der Waals surface area contributed by atoms with Crippen molar-refractivity contribution in [3.63, 3.8) is 0 Å². The van der Waals surface area contributed by atoms with Crippen LogP contribution in [0.5, 0.6) is 0 Å². The van der Waals surface area contributed by atoms with Gasteiger partial charge in [0.1, 0.15) is 6.61 Å². The van der Waals surface area contributed by atoms with Crippen LogP contribution in [0.4, 0.5) is 13.2 Å². The van der Waals surface area contributed by atoms with Gasteiger partial charge in [-0.25, -0.2) is 18.0 Å². The summed E-state index contributed by atoms with van der Waals surface area (Å²) in [5.74, 6) is -5.42. The van der Waals surface area contributed by atoms with Gasteiger partial charge in [0, 0.05) is 6.61 Å². The van der Waals surface area contributed by atoms with Crippen LogP contribution in [-0.4, -0.2) is 38.4 Å². The third kappa shape index (κ3) is 5.01. The van der Waals surface area contributed by atoms with Crippen LogP contribution in [0.3, 0.4) is 0 Å². The smallest absolute Gasteiger partial charge is 0.346 e. The average Bonchev–Trinajstić information content (AvgIpc) is 2.22. The summed E-state index contributed by atoms with van der Waals surface area (Å²) in [6.45, 7) is 0.886. The third-order valence-electron chi connectivity index (χ3n) is 1.72. The molecule has 90 valence electrons. The molecule has 0 aliphatic rings. The number of ether oxygens (including phenoxy) is 2. The fraction of sp³-hybridized carbons (Fsp3) is 0.889. The highest BCUT2D eigenvalue weighted by molar-refractivity contribution is 5.75. The van der Waals surface area contributed by atoms with Crippen molar-refractivity contribution in [3.05, 3.63) is 0 Å². The predicted molar refractivity (Wildman–Crippen MR) is 47.6 cm³/mol. The number of hydrogen-bond acceptors (Lipinski definition) is 3.